The second-order valence-electron chi connectivity index (χ2n) is 20.0. The van der Waals surface area contributed by atoms with Gasteiger partial charge in [0.15, 0.2) is 6.29 Å². The summed E-state index contributed by atoms with van der Waals surface area (Å²) < 4.78 is 11.1. The number of carbonyl (C=O) groups excluding carboxylic acids is 1. The summed E-state index contributed by atoms with van der Waals surface area (Å²) in [6.45, 7) is 3.49. The number of hydrogen-bond acceptors (Lipinski definition) is 10. The topological polar surface area (TPSA) is 189 Å². The Morgan fingerprint density at radius 2 is 0.800 bits per heavy atom. The number of rotatable bonds is 48. The van der Waals surface area contributed by atoms with E-state index in [9.17, 15) is 40.5 Å². The standard InChI is InChI=1S/C54H107NO10/c1-3-5-7-9-11-13-15-17-19-21-22-23-24-26-27-29-31-33-35-37-39-41-46(57)49(59)45(44-64-54-52(62)51(61)50(60)48(43-56)65-54)55-53(63)47(58)42-40-38-36-34-32-30-28-25-20-18-16-14-12-10-8-6-4-2/h45-52,54,56-62H,3-44H2,1-2H3,(H,55,63). The molecule has 388 valence electrons. The lowest BCUT2D eigenvalue weighted by Gasteiger charge is -2.40. The minimum Gasteiger partial charge on any atom is -0.394 e. The second-order valence-corrected chi connectivity index (χ2v) is 20.0. The van der Waals surface area contributed by atoms with Crippen LogP contribution in [-0.2, 0) is 14.3 Å². The van der Waals surface area contributed by atoms with Crippen molar-refractivity contribution in [2.45, 2.75) is 326 Å². The molecule has 0 aromatic rings. The summed E-state index contributed by atoms with van der Waals surface area (Å²) in [6, 6.07) is -1.16. The summed E-state index contributed by atoms with van der Waals surface area (Å²) in [5.74, 6) is -0.691. The van der Waals surface area contributed by atoms with Crippen LogP contribution in [0.25, 0.3) is 0 Å². The van der Waals surface area contributed by atoms with Crippen LogP contribution in [-0.4, -0.2) is 110 Å². The number of carbonyl (C=O) groups is 1. The van der Waals surface area contributed by atoms with E-state index in [4.69, 9.17) is 9.47 Å². The number of nitrogens with one attached hydrogen (secondary N) is 1. The highest BCUT2D eigenvalue weighted by molar-refractivity contribution is 5.80. The van der Waals surface area contributed by atoms with E-state index >= 15 is 0 Å². The average molecular weight is 930 g/mol. The fourth-order valence-corrected chi connectivity index (χ4v) is 9.33. The van der Waals surface area contributed by atoms with Crippen LogP contribution in [0.2, 0.25) is 0 Å². The van der Waals surface area contributed by atoms with Gasteiger partial charge in [0.25, 0.3) is 0 Å². The van der Waals surface area contributed by atoms with E-state index in [-0.39, 0.29) is 6.42 Å². The third-order valence-corrected chi connectivity index (χ3v) is 13.9. The predicted octanol–water partition coefficient (Wildman–Crippen LogP) is 11.0. The van der Waals surface area contributed by atoms with Gasteiger partial charge in [-0.2, -0.15) is 0 Å². The van der Waals surface area contributed by atoms with Crippen LogP contribution >= 0.6 is 0 Å². The minimum absolute atomic E-state index is 0.267. The molecule has 0 saturated carbocycles. The van der Waals surface area contributed by atoms with Crippen molar-refractivity contribution in [3.63, 3.8) is 0 Å². The first kappa shape index (κ1) is 62.1. The molecule has 0 aromatic heterocycles. The summed E-state index contributed by atoms with van der Waals surface area (Å²) in [5.41, 5.74) is 0. The van der Waals surface area contributed by atoms with Gasteiger partial charge in [-0.3, -0.25) is 4.79 Å². The maximum Gasteiger partial charge on any atom is 0.249 e. The molecule has 0 bridgehead atoms. The van der Waals surface area contributed by atoms with E-state index in [1.807, 2.05) is 0 Å². The Hall–Kier alpha value is -0.890. The largest absolute Gasteiger partial charge is 0.394 e. The number of ether oxygens (including phenoxy) is 2. The molecule has 11 heteroatoms. The normalized spacial score (nSPS) is 20.8. The summed E-state index contributed by atoms with van der Waals surface area (Å²) >= 11 is 0. The lowest BCUT2D eigenvalue weighted by Crippen LogP contribution is -2.60. The van der Waals surface area contributed by atoms with Crippen LogP contribution in [0.5, 0.6) is 0 Å². The van der Waals surface area contributed by atoms with Crippen molar-refractivity contribution in [3.8, 4) is 0 Å². The van der Waals surface area contributed by atoms with E-state index in [1.165, 1.54) is 193 Å². The van der Waals surface area contributed by atoms with E-state index in [2.05, 4.69) is 19.2 Å². The van der Waals surface area contributed by atoms with E-state index < -0.39 is 74.2 Å². The molecule has 0 aromatic carbocycles. The van der Waals surface area contributed by atoms with Gasteiger partial charge in [-0.15, -0.1) is 0 Å². The molecule has 8 N–H and O–H groups in total. The summed E-state index contributed by atoms with van der Waals surface area (Å²) in [4.78, 5) is 13.2. The van der Waals surface area contributed by atoms with Crippen LogP contribution in [0, 0.1) is 0 Å². The predicted molar refractivity (Wildman–Crippen MR) is 266 cm³/mol. The number of aliphatic hydroxyl groups is 7. The third-order valence-electron chi connectivity index (χ3n) is 13.9. The number of amides is 1. The fraction of sp³-hybridized carbons (Fsp3) is 0.981. The smallest absolute Gasteiger partial charge is 0.249 e. The van der Waals surface area contributed by atoms with Crippen molar-refractivity contribution in [1.29, 1.82) is 0 Å². The van der Waals surface area contributed by atoms with Gasteiger partial charge in [0.05, 0.1) is 25.4 Å². The molecule has 0 radical (unpaired) electrons. The maximum atomic E-state index is 13.2. The minimum atomic E-state index is -1.66. The lowest BCUT2D eigenvalue weighted by molar-refractivity contribution is -0.303. The Balaban J connectivity index is 2.33. The van der Waals surface area contributed by atoms with Gasteiger partial charge >= 0.3 is 0 Å². The molecular weight excluding hydrogens is 823 g/mol. The van der Waals surface area contributed by atoms with Crippen molar-refractivity contribution < 1.29 is 50.0 Å². The van der Waals surface area contributed by atoms with Crippen LogP contribution < -0.4 is 5.32 Å². The first-order valence-corrected chi connectivity index (χ1v) is 27.9. The van der Waals surface area contributed by atoms with Gasteiger partial charge in [0.1, 0.15) is 36.6 Å². The highest BCUT2D eigenvalue weighted by Gasteiger charge is 2.44. The molecule has 1 heterocycles. The number of aliphatic hydroxyl groups excluding tert-OH is 7. The molecule has 0 aliphatic carbocycles. The molecule has 1 saturated heterocycles. The monoisotopic (exact) mass is 930 g/mol. The first-order valence-electron chi connectivity index (χ1n) is 27.9. The molecule has 9 atom stereocenters. The van der Waals surface area contributed by atoms with Gasteiger partial charge in [-0.25, -0.2) is 0 Å². The Morgan fingerprint density at radius 3 is 1.14 bits per heavy atom. The van der Waals surface area contributed by atoms with Gasteiger partial charge < -0.3 is 50.5 Å². The summed E-state index contributed by atoms with van der Waals surface area (Å²) in [7, 11) is 0. The molecular formula is C54H107NO10. The Morgan fingerprint density at radius 1 is 0.477 bits per heavy atom. The number of unbranched alkanes of at least 4 members (excludes halogenated alkanes) is 36. The van der Waals surface area contributed by atoms with Crippen LogP contribution in [0.3, 0.4) is 0 Å². The molecule has 1 aliphatic rings. The average Bonchev–Trinajstić information content (AvgIpc) is 3.31. The highest BCUT2D eigenvalue weighted by atomic mass is 16.7. The van der Waals surface area contributed by atoms with Crippen LogP contribution in [0.4, 0.5) is 0 Å². The molecule has 1 aliphatic heterocycles. The molecule has 65 heavy (non-hydrogen) atoms. The second kappa shape index (κ2) is 44.3. The third kappa shape index (κ3) is 33.3. The van der Waals surface area contributed by atoms with Crippen molar-refractivity contribution in [2.24, 2.45) is 0 Å². The van der Waals surface area contributed by atoms with Gasteiger partial charge in [-0.05, 0) is 12.8 Å². The molecule has 11 nitrogen and oxygen atoms in total. The summed E-state index contributed by atoms with van der Waals surface area (Å²) in [6.07, 6.45) is 37.2. The molecule has 1 amide bonds. The van der Waals surface area contributed by atoms with E-state index in [1.54, 1.807) is 0 Å². The molecule has 1 rings (SSSR count). The molecule has 0 spiro atoms. The zero-order chi connectivity index (χ0) is 47.6. The van der Waals surface area contributed by atoms with Crippen molar-refractivity contribution in [2.75, 3.05) is 13.2 Å². The van der Waals surface area contributed by atoms with Crippen molar-refractivity contribution in [3.05, 3.63) is 0 Å². The molecule has 1 fully saturated rings. The quantitative estimate of drug-likeness (QED) is 0.0273. The maximum absolute atomic E-state index is 13.2. The number of hydrogen-bond donors (Lipinski definition) is 8. The van der Waals surface area contributed by atoms with E-state index in [0.29, 0.717) is 19.3 Å². The SMILES string of the molecule is CCCCCCCCCCCCCCCCCCCCCCCC(O)C(O)C(COC1OC(CO)C(O)C(O)C1O)NC(=O)C(O)CCCCCCCCCCCCCCCCCCC. The van der Waals surface area contributed by atoms with Crippen molar-refractivity contribution in [1.82, 2.24) is 5.32 Å². The fourth-order valence-electron chi connectivity index (χ4n) is 9.33. The summed E-state index contributed by atoms with van der Waals surface area (Å²) in [5, 5.41) is 76.1. The van der Waals surface area contributed by atoms with E-state index in [0.717, 1.165) is 38.5 Å². The zero-order valence-electron chi connectivity index (χ0n) is 42.2. The Labute approximate surface area is 399 Å². The van der Waals surface area contributed by atoms with Crippen molar-refractivity contribution >= 4 is 5.91 Å². The van der Waals surface area contributed by atoms with Gasteiger partial charge in [-0.1, -0.05) is 258 Å². The van der Waals surface area contributed by atoms with Gasteiger partial charge in [0.2, 0.25) is 5.91 Å². The zero-order valence-corrected chi connectivity index (χ0v) is 42.2. The Kier molecular flexibility index (Phi) is 42.4. The molecule has 9 unspecified atom stereocenters. The van der Waals surface area contributed by atoms with Crippen LogP contribution in [0.15, 0.2) is 0 Å². The highest BCUT2D eigenvalue weighted by Crippen LogP contribution is 2.23. The Bertz CT molecular complexity index is 1020. The van der Waals surface area contributed by atoms with Crippen LogP contribution in [0.1, 0.15) is 271 Å². The first-order chi connectivity index (χ1) is 31.7. The van der Waals surface area contributed by atoms with Gasteiger partial charge in [0, 0.05) is 0 Å². The lowest BCUT2D eigenvalue weighted by atomic mass is 9.98.